The van der Waals surface area contributed by atoms with Crippen LogP contribution in [0.5, 0.6) is 0 Å². The number of aliphatic hydroxyl groups is 1. The van der Waals surface area contributed by atoms with Crippen LogP contribution in [0.4, 0.5) is 4.79 Å². The largest absolute Gasteiger partial charge is 0.391 e. The second-order valence-electron chi connectivity index (χ2n) is 6.25. The number of amides is 2. The number of hydrogen-bond acceptors (Lipinski definition) is 3. The maximum atomic E-state index is 12.6. The van der Waals surface area contributed by atoms with Gasteiger partial charge in [0.25, 0.3) is 0 Å². The summed E-state index contributed by atoms with van der Waals surface area (Å²) >= 11 is 1.88. The normalized spacial score (nSPS) is 21.9. The Kier molecular flexibility index (Phi) is 7.24. The van der Waals surface area contributed by atoms with Gasteiger partial charge in [-0.2, -0.15) is 11.8 Å². The molecule has 2 amide bonds. The second kappa shape index (κ2) is 9.18. The standard InChI is InChI=1S/C18H28N2O2S/c1-3-16(21)13-20(12-14-7-5-4-6-8-14)18(22)19-15-9-10-17(11-15)23-2/h4-8,15-17,21H,3,9-13H2,1-2H3,(H,19,22). The van der Waals surface area contributed by atoms with Crippen molar-refractivity contribution in [2.75, 3.05) is 12.8 Å². The maximum Gasteiger partial charge on any atom is 0.318 e. The molecule has 1 fully saturated rings. The monoisotopic (exact) mass is 336 g/mol. The van der Waals surface area contributed by atoms with Crippen LogP contribution in [0.1, 0.15) is 38.2 Å². The number of carbonyl (C=O) groups is 1. The van der Waals surface area contributed by atoms with E-state index in [2.05, 4.69) is 11.6 Å². The van der Waals surface area contributed by atoms with E-state index in [1.54, 1.807) is 4.90 Å². The van der Waals surface area contributed by atoms with Crippen LogP contribution in [-0.2, 0) is 6.54 Å². The van der Waals surface area contributed by atoms with Crippen LogP contribution in [-0.4, -0.2) is 46.2 Å². The summed E-state index contributed by atoms with van der Waals surface area (Å²) in [6.45, 7) is 2.83. The average Bonchev–Trinajstić information content (AvgIpc) is 3.02. The van der Waals surface area contributed by atoms with Crippen molar-refractivity contribution >= 4 is 17.8 Å². The Balaban J connectivity index is 1.96. The fraction of sp³-hybridized carbons (Fsp3) is 0.611. The molecule has 128 valence electrons. The van der Waals surface area contributed by atoms with Crippen LogP contribution in [0.25, 0.3) is 0 Å². The van der Waals surface area contributed by atoms with Crippen molar-refractivity contribution in [3.05, 3.63) is 35.9 Å². The molecule has 4 nitrogen and oxygen atoms in total. The Morgan fingerprint density at radius 2 is 2.13 bits per heavy atom. The predicted octanol–water partition coefficient (Wildman–Crippen LogP) is 3.25. The SMILES string of the molecule is CCC(O)CN(Cc1ccccc1)C(=O)NC1CCC(SC)C1. The zero-order valence-corrected chi connectivity index (χ0v) is 14.9. The number of thioether (sulfide) groups is 1. The number of urea groups is 1. The predicted molar refractivity (Wildman–Crippen MR) is 96.6 cm³/mol. The first-order valence-electron chi connectivity index (χ1n) is 8.42. The lowest BCUT2D eigenvalue weighted by atomic mass is 10.2. The molecule has 1 saturated carbocycles. The van der Waals surface area contributed by atoms with E-state index in [0.29, 0.717) is 24.8 Å². The smallest absolute Gasteiger partial charge is 0.318 e. The van der Waals surface area contributed by atoms with E-state index in [1.165, 1.54) is 6.42 Å². The molecule has 5 heteroatoms. The minimum atomic E-state index is -0.480. The minimum absolute atomic E-state index is 0.0619. The van der Waals surface area contributed by atoms with Gasteiger partial charge in [-0.05, 0) is 37.5 Å². The molecule has 2 N–H and O–H groups in total. The van der Waals surface area contributed by atoms with Gasteiger partial charge in [0, 0.05) is 24.4 Å². The zero-order valence-electron chi connectivity index (χ0n) is 14.1. The third-order valence-electron chi connectivity index (χ3n) is 4.45. The average molecular weight is 337 g/mol. The molecule has 0 aliphatic heterocycles. The second-order valence-corrected chi connectivity index (χ2v) is 7.38. The third kappa shape index (κ3) is 5.74. The summed E-state index contributed by atoms with van der Waals surface area (Å²) in [7, 11) is 0. The highest BCUT2D eigenvalue weighted by Gasteiger charge is 2.27. The molecule has 2 rings (SSSR count). The molecule has 0 spiro atoms. The van der Waals surface area contributed by atoms with Gasteiger partial charge in [-0.15, -0.1) is 0 Å². The molecule has 0 heterocycles. The van der Waals surface area contributed by atoms with Gasteiger partial charge < -0.3 is 15.3 Å². The van der Waals surface area contributed by atoms with Crippen molar-refractivity contribution in [1.29, 1.82) is 0 Å². The number of carbonyl (C=O) groups excluding carboxylic acids is 1. The molecule has 0 bridgehead atoms. The van der Waals surface area contributed by atoms with Gasteiger partial charge >= 0.3 is 6.03 Å². The van der Waals surface area contributed by atoms with Gasteiger partial charge in [0.2, 0.25) is 0 Å². The topological polar surface area (TPSA) is 52.6 Å². The highest BCUT2D eigenvalue weighted by Crippen LogP contribution is 2.28. The number of hydrogen-bond donors (Lipinski definition) is 2. The van der Waals surface area contributed by atoms with Crippen molar-refractivity contribution in [2.45, 2.75) is 56.5 Å². The lowest BCUT2D eigenvalue weighted by Gasteiger charge is -2.27. The maximum absolute atomic E-state index is 12.6. The van der Waals surface area contributed by atoms with E-state index in [1.807, 2.05) is 49.0 Å². The molecule has 1 aliphatic carbocycles. The summed E-state index contributed by atoms with van der Waals surface area (Å²) in [6, 6.07) is 10.1. The highest BCUT2D eigenvalue weighted by atomic mass is 32.2. The van der Waals surface area contributed by atoms with E-state index >= 15 is 0 Å². The number of benzene rings is 1. The van der Waals surface area contributed by atoms with Gasteiger partial charge in [-0.3, -0.25) is 0 Å². The van der Waals surface area contributed by atoms with E-state index < -0.39 is 6.10 Å². The van der Waals surface area contributed by atoms with Crippen LogP contribution in [0.15, 0.2) is 30.3 Å². The minimum Gasteiger partial charge on any atom is -0.391 e. The quantitative estimate of drug-likeness (QED) is 0.803. The molecule has 23 heavy (non-hydrogen) atoms. The molecular weight excluding hydrogens is 308 g/mol. The Bertz CT molecular complexity index is 483. The molecule has 0 radical (unpaired) electrons. The van der Waals surface area contributed by atoms with Crippen LogP contribution < -0.4 is 5.32 Å². The van der Waals surface area contributed by atoms with Crippen molar-refractivity contribution in [1.82, 2.24) is 10.2 Å². The van der Waals surface area contributed by atoms with Crippen molar-refractivity contribution in [2.24, 2.45) is 0 Å². The number of aliphatic hydroxyl groups excluding tert-OH is 1. The van der Waals surface area contributed by atoms with E-state index in [0.717, 1.165) is 18.4 Å². The van der Waals surface area contributed by atoms with Crippen molar-refractivity contribution in [3.63, 3.8) is 0 Å². The van der Waals surface area contributed by atoms with Gasteiger partial charge in [-0.1, -0.05) is 37.3 Å². The number of nitrogens with one attached hydrogen (secondary N) is 1. The third-order valence-corrected chi connectivity index (χ3v) is 5.55. The summed E-state index contributed by atoms with van der Waals surface area (Å²) in [6.07, 6.45) is 5.56. The Hall–Kier alpha value is -1.20. The van der Waals surface area contributed by atoms with Crippen LogP contribution in [0.2, 0.25) is 0 Å². The van der Waals surface area contributed by atoms with Crippen molar-refractivity contribution < 1.29 is 9.90 Å². The van der Waals surface area contributed by atoms with Gasteiger partial charge in [0.05, 0.1) is 6.10 Å². The summed E-state index contributed by atoms with van der Waals surface area (Å²) in [5, 5.41) is 13.8. The Morgan fingerprint density at radius 1 is 1.39 bits per heavy atom. The van der Waals surface area contributed by atoms with Crippen LogP contribution in [0, 0.1) is 0 Å². The first kappa shape index (κ1) is 18.1. The molecule has 1 aromatic rings. The summed E-state index contributed by atoms with van der Waals surface area (Å²) in [5.74, 6) is 0. The van der Waals surface area contributed by atoms with E-state index in [-0.39, 0.29) is 12.1 Å². The van der Waals surface area contributed by atoms with Crippen LogP contribution in [0.3, 0.4) is 0 Å². The number of nitrogens with zero attached hydrogens (tertiary/aromatic N) is 1. The van der Waals surface area contributed by atoms with E-state index in [9.17, 15) is 9.90 Å². The summed E-state index contributed by atoms with van der Waals surface area (Å²) < 4.78 is 0. The van der Waals surface area contributed by atoms with Crippen LogP contribution >= 0.6 is 11.8 Å². The zero-order chi connectivity index (χ0) is 16.7. The molecule has 1 aromatic carbocycles. The number of rotatable bonds is 7. The first-order valence-corrected chi connectivity index (χ1v) is 9.71. The molecular formula is C18H28N2O2S. The first-order chi connectivity index (χ1) is 11.1. The van der Waals surface area contributed by atoms with Crippen molar-refractivity contribution in [3.8, 4) is 0 Å². The lowest BCUT2D eigenvalue weighted by molar-refractivity contribution is 0.113. The Labute approximate surface area is 143 Å². The highest BCUT2D eigenvalue weighted by molar-refractivity contribution is 7.99. The molecule has 0 saturated heterocycles. The Morgan fingerprint density at radius 3 is 2.74 bits per heavy atom. The van der Waals surface area contributed by atoms with Gasteiger partial charge in [0.15, 0.2) is 0 Å². The molecule has 0 aromatic heterocycles. The van der Waals surface area contributed by atoms with Gasteiger partial charge in [-0.25, -0.2) is 4.79 Å². The lowest BCUT2D eigenvalue weighted by Crippen LogP contribution is -2.46. The molecule has 3 atom stereocenters. The fourth-order valence-electron chi connectivity index (χ4n) is 2.96. The summed E-state index contributed by atoms with van der Waals surface area (Å²) in [5.41, 5.74) is 1.08. The van der Waals surface area contributed by atoms with E-state index in [4.69, 9.17) is 0 Å². The summed E-state index contributed by atoms with van der Waals surface area (Å²) in [4.78, 5) is 14.4. The fourth-order valence-corrected chi connectivity index (χ4v) is 3.75. The molecule has 3 unspecified atom stereocenters. The molecule has 1 aliphatic rings. The van der Waals surface area contributed by atoms with Gasteiger partial charge in [0.1, 0.15) is 0 Å².